The number of hydrogen-bond acceptors (Lipinski definition) is 4. The predicted molar refractivity (Wildman–Crippen MR) is 70.1 cm³/mol. The molecule has 0 saturated carbocycles. The van der Waals surface area contributed by atoms with Crippen molar-refractivity contribution in [3.8, 4) is 0 Å². The van der Waals surface area contributed by atoms with Gasteiger partial charge in [-0.1, -0.05) is 0 Å². The molecule has 0 bridgehead atoms. The molecule has 0 saturated heterocycles. The molecule has 0 spiro atoms. The average molecular weight is 257 g/mol. The Hall–Kier alpha value is -2.50. The van der Waals surface area contributed by atoms with Crippen LogP contribution in [0, 0.1) is 12.7 Å². The van der Waals surface area contributed by atoms with Gasteiger partial charge in [-0.15, -0.1) is 0 Å². The van der Waals surface area contributed by atoms with Crippen molar-refractivity contribution in [3.05, 3.63) is 47.9 Å². The van der Waals surface area contributed by atoms with E-state index in [0.717, 1.165) is 11.0 Å². The minimum absolute atomic E-state index is 0.281. The van der Waals surface area contributed by atoms with Crippen LogP contribution in [-0.4, -0.2) is 19.9 Å². The molecule has 5 nitrogen and oxygen atoms in total. The van der Waals surface area contributed by atoms with Gasteiger partial charge in [-0.2, -0.15) is 0 Å². The normalized spacial score (nSPS) is 10.8. The summed E-state index contributed by atoms with van der Waals surface area (Å²) in [5, 5.41) is 3.97. The standard InChI is InChI=1S/C13H12FN5/c1-8-18-12-9(4-6-16-12)13(19-8)17-7-11-10(14)3-2-5-15-11/h2-6H,7H2,1H3,(H2,16,17,18,19). The molecule has 0 aliphatic rings. The van der Waals surface area contributed by atoms with Gasteiger partial charge in [0.25, 0.3) is 0 Å². The van der Waals surface area contributed by atoms with Gasteiger partial charge in [0.05, 0.1) is 17.6 Å². The molecule has 2 N–H and O–H groups in total. The Morgan fingerprint density at radius 1 is 1.32 bits per heavy atom. The molecule has 96 valence electrons. The summed E-state index contributed by atoms with van der Waals surface area (Å²) >= 11 is 0. The molecule has 6 heteroatoms. The van der Waals surface area contributed by atoms with Crippen molar-refractivity contribution in [2.75, 3.05) is 5.32 Å². The molecule has 0 atom stereocenters. The molecule has 3 aromatic rings. The van der Waals surface area contributed by atoms with Crippen LogP contribution in [0.15, 0.2) is 30.6 Å². The van der Waals surface area contributed by atoms with E-state index in [1.54, 1.807) is 18.5 Å². The van der Waals surface area contributed by atoms with Crippen LogP contribution in [0.3, 0.4) is 0 Å². The van der Waals surface area contributed by atoms with Crippen LogP contribution in [0.1, 0.15) is 11.5 Å². The SMILES string of the molecule is Cc1nc(NCc2ncccc2F)c2cc[nH]c2n1. The lowest BCUT2D eigenvalue weighted by molar-refractivity contribution is 0.602. The lowest BCUT2D eigenvalue weighted by Gasteiger charge is -2.07. The third kappa shape index (κ3) is 2.24. The van der Waals surface area contributed by atoms with E-state index in [4.69, 9.17) is 0 Å². The van der Waals surface area contributed by atoms with Crippen molar-refractivity contribution in [2.24, 2.45) is 0 Å². The maximum atomic E-state index is 13.5. The van der Waals surface area contributed by atoms with Gasteiger partial charge in [0, 0.05) is 12.4 Å². The molecule has 3 rings (SSSR count). The van der Waals surface area contributed by atoms with Gasteiger partial charge in [0.1, 0.15) is 23.1 Å². The highest BCUT2D eigenvalue weighted by molar-refractivity contribution is 5.86. The van der Waals surface area contributed by atoms with Crippen molar-refractivity contribution < 1.29 is 4.39 Å². The second-order valence-corrected chi connectivity index (χ2v) is 4.14. The van der Waals surface area contributed by atoms with Crippen LogP contribution < -0.4 is 5.32 Å². The number of pyridine rings is 1. The highest BCUT2D eigenvalue weighted by Gasteiger charge is 2.08. The number of halogens is 1. The predicted octanol–water partition coefficient (Wildman–Crippen LogP) is 2.41. The van der Waals surface area contributed by atoms with Crippen molar-refractivity contribution in [2.45, 2.75) is 13.5 Å². The van der Waals surface area contributed by atoms with Gasteiger partial charge in [0.15, 0.2) is 0 Å². The second-order valence-electron chi connectivity index (χ2n) is 4.14. The summed E-state index contributed by atoms with van der Waals surface area (Å²) in [5.41, 5.74) is 1.12. The van der Waals surface area contributed by atoms with Gasteiger partial charge in [-0.3, -0.25) is 4.98 Å². The van der Waals surface area contributed by atoms with Gasteiger partial charge >= 0.3 is 0 Å². The molecule has 19 heavy (non-hydrogen) atoms. The zero-order valence-electron chi connectivity index (χ0n) is 10.3. The maximum absolute atomic E-state index is 13.5. The summed E-state index contributed by atoms with van der Waals surface area (Å²) in [6.45, 7) is 2.09. The van der Waals surface area contributed by atoms with E-state index in [1.165, 1.54) is 6.07 Å². The Morgan fingerprint density at radius 2 is 2.21 bits per heavy atom. The fourth-order valence-corrected chi connectivity index (χ4v) is 1.90. The Kier molecular flexibility index (Phi) is 2.83. The number of H-pyrrole nitrogens is 1. The molecule has 0 radical (unpaired) electrons. The van der Waals surface area contributed by atoms with Gasteiger partial charge < -0.3 is 10.3 Å². The van der Waals surface area contributed by atoms with Gasteiger partial charge in [0.2, 0.25) is 0 Å². The van der Waals surface area contributed by atoms with Crippen molar-refractivity contribution in [3.63, 3.8) is 0 Å². The first-order chi connectivity index (χ1) is 9.24. The van der Waals surface area contributed by atoms with E-state index in [1.807, 2.05) is 13.0 Å². The fourth-order valence-electron chi connectivity index (χ4n) is 1.90. The number of rotatable bonds is 3. The lowest BCUT2D eigenvalue weighted by Crippen LogP contribution is -2.06. The summed E-state index contributed by atoms with van der Waals surface area (Å²) in [6, 6.07) is 4.84. The smallest absolute Gasteiger partial charge is 0.146 e. The topological polar surface area (TPSA) is 66.5 Å². The molecule has 0 amide bonds. The van der Waals surface area contributed by atoms with Crippen molar-refractivity contribution in [1.29, 1.82) is 0 Å². The first-order valence-corrected chi connectivity index (χ1v) is 5.89. The zero-order valence-corrected chi connectivity index (χ0v) is 10.3. The molecule has 0 aromatic carbocycles. The first kappa shape index (κ1) is 11.6. The maximum Gasteiger partial charge on any atom is 0.146 e. The molecule has 0 aliphatic heterocycles. The molecular formula is C13H12FN5. The summed E-state index contributed by atoms with van der Waals surface area (Å²) in [7, 11) is 0. The first-order valence-electron chi connectivity index (χ1n) is 5.89. The highest BCUT2D eigenvalue weighted by Crippen LogP contribution is 2.19. The van der Waals surface area contributed by atoms with E-state index in [9.17, 15) is 4.39 Å². The third-order valence-electron chi connectivity index (χ3n) is 2.79. The monoisotopic (exact) mass is 257 g/mol. The van der Waals surface area contributed by atoms with Crippen molar-refractivity contribution in [1.82, 2.24) is 19.9 Å². The summed E-state index contributed by atoms with van der Waals surface area (Å²) < 4.78 is 13.5. The Balaban J connectivity index is 1.90. The Morgan fingerprint density at radius 3 is 3.05 bits per heavy atom. The fraction of sp³-hybridized carbons (Fsp3) is 0.154. The van der Waals surface area contributed by atoms with Gasteiger partial charge in [-0.05, 0) is 25.1 Å². The largest absolute Gasteiger partial charge is 0.364 e. The number of anilines is 1. The summed E-state index contributed by atoms with van der Waals surface area (Å²) in [5.74, 6) is 0.999. The summed E-state index contributed by atoms with van der Waals surface area (Å²) in [4.78, 5) is 15.6. The van der Waals surface area contributed by atoms with E-state index in [-0.39, 0.29) is 12.4 Å². The number of hydrogen-bond donors (Lipinski definition) is 2. The van der Waals surface area contributed by atoms with Crippen LogP contribution in [0.25, 0.3) is 11.0 Å². The lowest BCUT2D eigenvalue weighted by atomic mass is 10.3. The molecule has 0 aliphatic carbocycles. The van der Waals surface area contributed by atoms with Crippen LogP contribution in [0.5, 0.6) is 0 Å². The number of aromatic nitrogens is 4. The van der Waals surface area contributed by atoms with Gasteiger partial charge in [-0.25, -0.2) is 14.4 Å². The van der Waals surface area contributed by atoms with E-state index >= 15 is 0 Å². The zero-order chi connectivity index (χ0) is 13.2. The van der Waals surface area contributed by atoms with Crippen molar-refractivity contribution >= 4 is 16.9 Å². The minimum atomic E-state index is -0.328. The van der Waals surface area contributed by atoms with Crippen LogP contribution in [0.2, 0.25) is 0 Å². The third-order valence-corrected chi connectivity index (χ3v) is 2.79. The number of nitrogens with one attached hydrogen (secondary N) is 2. The molecule has 3 aromatic heterocycles. The Labute approximate surface area is 108 Å². The molecular weight excluding hydrogens is 245 g/mol. The number of aryl methyl sites for hydroxylation is 1. The summed E-state index contributed by atoms with van der Waals surface area (Å²) in [6.07, 6.45) is 3.36. The van der Waals surface area contributed by atoms with E-state index in [0.29, 0.717) is 17.3 Å². The van der Waals surface area contributed by atoms with Crippen LogP contribution in [-0.2, 0) is 6.54 Å². The number of aromatic amines is 1. The number of nitrogens with zero attached hydrogens (tertiary/aromatic N) is 3. The minimum Gasteiger partial charge on any atom is -0.364 e. The average Bonchev–Trinajstić information content (AvgIpc) is 2.85. The highest BCUT2D eigenvalue weighted by atomic mass is 19.1. The molecule has 3 heterocycles. The second kappa shape index (κ2) is 4.64. The van der Waals surface area contributed by atoms with E-state index in [2.05, 4.69) is 25.3 Å². The molecule has 0 fully saturated rings. The van der Waals surface area contributed by atoms with Crippen LogP contribution in [0.4, 0.5) is 10.2 Å². The quantitative estimate of drug-likeness (QED) is 0.756. The molecule has 0 unspecified atom stereocenters. The van der Waals surface area contributed by atoms with Crippen LogP contribution >= 0.6 is 0 Å². The Bertz CT molecular complexity index is 722. The van der Waals surface area contributed by atoms with E-state index < -0.39 is 0 Å². The number of fused-ring (bicyclic) bond motifs is 1.